The van der Waals surface area contributed by atoms with Gasteiger partial charge in [0.1, 0.15) is 0 Å². The van der Waals surface area contributed by atoms with E-state index >= 15 is 0 Å². The number of nitrogens with two attached hydrogens (primary N) is 1. The molecule has 0 amide bonds. The van der Waals surface area contributed by atoms with Gasteiger partial charge >= 0.3 is 5.97 Å². The summed E-state index contributed by atoms with van der Waals surface area (Å²) in [5.41, 5.74) is 7.84. The molecule has 28 heavy (non-hydrogen) atoms. The molecule has 0 bridgehead atoms. The molecule has 2 N–H and O–H groups in total. The first-order chi connectivity index (χ1) is 13.3. The number of carbonyl (C=O) groups is 1. The summed E-state index contributed by atoms with van der Waals surface area (Å²) in [6.07, 6.45) is 10.8. The molecule has 2 saturated carbocycles. The minimum atomic E-state index is -0.295. The van der Waals surface area contributed by atoms with Crippen LogP contribution in [0.25, 0.3) is 0 Å². The third kappa shape index (κ3) is 7.35. The first-order valence-electron chi connectivity index (χ1n) is 11.4. The van der Waals surface area contributed by atoms with Crippen molar-refractivity contribution in [1.29, 1.82) is 0 Å². The van der Waals surface area contributed by atoms with Gasteiger partial charge in [0, 0.05) is 17.3 Å². The number of ether oxygens (including phenoxy) is 1. The van der Waals surface area contributed by atoms with E-state index in [4.69, 9.17) is 15.5 Å². The van der Waals surface area contributed by atoms with Gasteiger partial charge in [-0.3, -0.25) is 4.99 Å². The van der Waals surface area contributed by atoms with Crippen LogP contribution in [0.5, 0.6) is 0 Å². The SMILES string of the molecule is C=C(C)C(=O)OCCC/C(C)=N/C1CCC(CC2CCC(N)C(C)C2)CC1C. The Bertz CT molecular complexity index is 557. The zero-order chi connectivity index (χ0) is 20.7. The molecule has 4 nitrogen and oxygen atoms in total. The zero-order valence-electron chi connectivity index (χ0n) is 18.6. The van der Waals surface area contributed by atoms with Gasteiger partial charge in [-0.15, -0.1) is 0 Å². The van der Waals surface area contributed by atoms with Crippen LogP contribution in [0.4, 0.5) is 0 Å². The lowest BCUT2D eigenvalue weighted by atomic mass is 9.71. The molecule has 2 aliphatic rings. The van der Waals surface area contributed by atoms with Crippen LogP contribution in [0.1, 0.15) is 85.5 Å². The van der Waals surface area contributed by atoms with Crippen LogP contribution in [0.15, 0.2) is 17.1 Å². The Morgan fingerprint density at radius 1 is 1.07 bits per heavy atom. The van der Waals surface area contributed by atoms with E-state index in [-0.39, 0.29) is 5.97 Å². The third-order valence-electron chi connectivity index (χ3n) is 6.89. The van der Waals surface area contributed by atoms with Gasteiger partial charge in [0.15, 0.2) is 0 Å². The fourth-order valence-corrected chi connectivity index (χ4v) is 5.08. The molecule has 0 aromatic heterocycles. The highest BCUT2D eigenvalue weighted by atomic mass is 16.5. The van der Waals surface area contributed by atoms with Crippen LogP contribution in [-0.2, 0) is 9.53 Å². The molecule has 0 spiro atoms. The summed E-state index contributed by atoms with van der Waals surface area (Å²) in [5, 5.41) is 0. The lowest BCUT2D eigenvalue weighted by molar-refractivity contribution is -0.138. The summed E-state index contributed by atoms with van der Waals surface area (Å²) < 4.78 is 5.16. The van der Waals surface area contributed by atoms with Crippen molar-refractivity contribution in [2.24, 2.45) is 34.4 Å². The maximum Gasteiger partial charge on any atom is 0.333 e. The Morgan fingerprint density at radius 3 is 2.32 bits per heavy atom. The van der Waals surface area contributed by atoms with Gasteiger partial charge in [-0.1, -0.05) is 20.4 Å². The number of carbonyl (C=O) groups excluding carboxylic acids is 1. The number of nitrogens with zero attached hydrogens (tertiary/aromatic N) is 1. The van der Waals surface area contributed by atoms with Crippen molar-refractivity contribution in [3.05, 3.63) is 12.2 Å². The molecule has 4 heteroatoms. The Kier molecular flexibility index (Phi) is 9.20. The molecule has 2 fully saturated rings. The molecule has 6 unspecified atom stereocenters. The third-order valence-corrected chi connectivity index (χ3v) is 6.89. The van der Waals surface area contributed by atoms with Gasteiger partial charge < -0.3 is 10.5 Å². The van der Waals surface area contributed by atoms with Crippen LogP contribution in [0.2, 0.25) is 0 Å². The van der Waals surface area contributed by atoms with Crippen molar-refractivity contribution in [1.82, 2.24) is 0 Å². The normalized spacial score (nSPS) is 34.1. The smallest absolute Gasteiger partial charge is 0.333 e. The summed E-state index contributed by atoms with van der Waals surface area (Å²) in [6, 6.07) is 0.889. The van der Waals surface area contributed by atoms with E-state index in [1.54, 1.807) is 6.92 Å². The first kappa shape index (κ1) is 23.1. The molecule has 0 aromatic rings. The lowest BCUT2D eigenvalue weighted by Gasteiger charge is -2.37. The average molecular weight is 391 g/mol. The van der Waals surface area contributed by atoms with E-state index in [1.165, 1.54) is 50.7 Å². The maximum atomic E-state index is 11.4. The summed E-state index contributed by atoms with van der Waals surface area (Å²) in [7, 11) is 0. The molecule has 160 valence electrons. The summed E-state index contributed by atoms with van der Waals surface area (Å²) in [4.78, 5) is 16.4. The predicted molar refractivity (Wildman–Crippen MR) is 118 cm³/mol. The molecule has 6 atom stereocenters. The van der Waals surface area contributed by atoms with Crippen LogP contribution >= 0.6 is 0 Å². The van der Waals surface area contributed by atoms with Gasteiger partial charge in [-0.05, 0) is 95.3 Å². The second-order valence-corrected chi connectivity index (χ2v) is 9.66. The lowest BCUT2D eigenvalue weighted by Crippen LogP contribution is -2.35. The van der Waals surface area contributed by atoms with Crippen molar-refractivity contribution in [3.8, 4) is 0 Å². The Morgan fingerprint density at radius 2 is 1.71 bits per heavy atom. The first-order valence-corrected chi connectivity index (χ1v) is 11.4. The molecular formula is C24H42N2O2. The second kappa shape index (κ2) is 11.1. The molecule has 2 rings (SSSR count). The quantitative estimate of drug-likeness (QED) is 0.264. The molecule has 0 heterocycles. The van der Waals surface area contributed by atoms with E-state index in [0.717, 1.165) is 24.7 Å². The molecule has 0 aromatic carbocycles. The molecular weight excluding hydrogens is 348 g/mol. The number of hydrogen-bond acceptors (Lipinski definition) is 4. The summed E-state index contributed by atoms with van der Waals surface area (Å²) >= 11 is 0. The fraction of sp³-hybridized carbons (Fsp3) is 0.833. The van der Waals surface area contributed by atoms with E-state index < -0.39 is 0 Å². The number of esters is 1. The van der Waals surface area contributed by atoms with Crippen molar-refractivity contribution >= 4 is 11.7 Å². The van der Waals surface area contributed by atoms with Crippen molar-refractivity contribution in [2.75, 3.05) is 6.61 Å². The zero-order valence-corrected chi connectivity index (χ0v) is 18.6. The topological polar surface area (TPSA) is 64.7 Å². The van der Waals surface area contributed by atoms with E-state index in [0.29, 0.717) is 36.1 Å². The molecule has 0 saturated heterocycles. The highest BCUT2D eigenvalue weighted by Gasteiger charge is 2.31. The van der Waals surface area contributed by atoms with Crippen molar-refractivity contribution < 1.29 is 9.53 Å². The molecule has 0 aliphatic heterocycles. The number of rotatable bonds is 8. The van der Waals surface area contributed by atoms with E-state index in [9.17, 15) is 4.79 Å². The van der Waals surface area contributed by atoms with Gasteiger partial charge in [0.25, 0.3) is 0 Å². The standard InChI is InChI=1S/C24H42N2O2/c1-16(2)24(27)28-12-6-7-19(5)26-23-11-9-21(14-18(23)4)15-20-8-10-22(25)17(3)13-20/h17-18,20-23H,1,6-15,25H2,2-5H3/b26-19+. The predicted octanol–water partition coefficient (Wildman–Crippen LogP) is 5.31. The van der Waals surface area contributed by atoms with E-state index in [1.807, 2.05) is 0 Å². The van der Waals surface area contributed by atoms with Gasteiger partial charge in [0.05, 0.1) is 12.6 Å². The average Bonchev–Trinajstić information content (AvgIpc) is 2.64. The van der Waals surface area contributed by atoms with Crippen LogP contribution in [0, 0.1) is 23.7 Å². The summed E-state index contributed by atoms with van der Waals surface area (Å²) in [6.45, 7) is 12.5. The monoisotopic (exact) mass is 390 g/mol. The van der Waals surface area contributed by atoms with Crippen LogP contribution < -0.4 is 5.73 Å². The highest BCUT2D eigenvalue weighted by Crippen LogP contribution is 2.39. The summed E-state index contributed by atoms with van der Waals surface area (Å²) in [5.74, 6) is 2.81. The van der Waals surface area contributed by atoms with Crippen LogP contribution in [-0.4, -0.2) is 30.4 Å². The number of aliphatic imine (C=N–C) groups is 1. The minimum absolute atomic E-state index is 0.295. The van der Waals surface area contributed by atoms with Crippen molar-refractivity contribution in [2.45, 2.75) is 97.6 Å². The van der Waals surface area contributed by atoms with Gasteiger partial charge in [-0.25, -0.2) is 4.79 Å². The van der Waals surface area contributed by atoms with Gasteiger partial charge in [-0.2, -0.15) is 0 Å². The Hall–Kier alpha value is -1.16. The van der Waals surface area contributed by atoms with Crippen LogP contribution in [0.3, 0.4) is 0 Å². The van der Waals surface area contributed by atoms with Gasteiger partial charge in [0.2, 0.25) is 0 Å². The maximum absolute atomic E-state index is 11.4. The Balaban J connectivity index is 1.70. The highest BCUT2D eigenvalue weighted by molar-refractivity contribution is 5.87. The molecule has 0 radical (unpaired) electrons. The largest absolute Gasteiger partial charge is 0.462 e. The number of hydrogen-bond donors (Lipinski definition) is 1. The second-order valence-electron chi connectivity index (χ2n) is 9.66. The minimum Gasteiger partial charge on any atom is -0.462 e. The molecule has 2 aliphatic carbocycles. The fourth-order valence-electron chi connectivity index (χ4n) is 5.08. The van der Waals surface area contributed by atoms with Crippen molar-refractivity contribution in [3.63, 3.8) is 0 Å². The van der Waals surface area contributed by atoms with E-state index in [2.05, 4.69) is 27.4 Å². The Labute approximate surface area is 172 Å².